The van der Waals surface area contributed by atoms with Crippen molar-refractivity contribution in [2.45, 2.75) is 32.7 Å². The van der Waals surface area contributed by atoms with E-state index in [2.05, 4.69) is 20.5 Å². The molecule has 0 unspecified atom stereocenters. The molecule has 6 nitrogen and oxygen atoms in total. The molecule has 2 aromatic rings. The number of phenolic OH excluding ortho intramolecular Hbond substituents is 1. The lowest BCUT2D eigenvalue weighted by molar-refractivity contribution is 0.0972. The maximum Gasteiger partial charge on any atom is 0.261 e. The summed E-state index contributed by atoms with van der Waals surface area (Å²) in [6, 6.07) is 6.84. The molecule has 0 bridgehead atoms. The van der Waals surface area contributed by atoms with E-state index in [9.17, 15) is 14.3 Å². The summed E-state index contributed by atoms with van der Waals surface area (Å²) in [4.78, 5) is 20.7. The number of carbonyl (C=O) groups is 1. The number of rotatable bonds is 2. The smallest absolute Gasteiger partial charge is 0.261 e. The fraction of sp³-hybridized carbons (Fsp3) is 0.286. The van der Waals surface area contributed by atoms with Gasteiger partial charge < -0.3 is 10.4 Å². The Labute approximate surface area is 162 Å². The molecular formula is C21H21FN4O2. The summed E-state index contributed by atoms with van der Waals surface area (Å²) in [5, 5.41) is 16.2. The molecule has 7 heteroatoms. The molecule has 1 heterocycles. The molecule has 0 fully saturated rings. The second-order valence-corrected chi connectivity index (χ2v) is 7.37. The Morgan fingerprint density at radius 1 is 1.36 bits per heavy atom. The van der Waals surface area contributed by atoms with Crippen LogP contribution in [0.3, 0.4) is 0 Å². The normalized spacial score (nSPS) is 15.2. The topological polar surface area (TPSA) is 78.1 Å². The number of benzene rings is 2. The van der Waals surface area contributed by atoms with Crippen LogP contribution in [-0.2, 0) is 0 Å². The third-order valence-corrected chi connectivity index (χ3v) is 4.67. The van der Waals surface area contributed by atoms with Crippen molar-refractivity contribution in [3.05, 3.63) is 58.7 Å². The van der Waals surface area contributed by atoms with Crippen molar-refractivity contribution in [3.8, 4) is 16.9 Å². The SMILES string of the molecule is [C-]#[N+]c1ccc(O)c(C(=O)NC2=NCCC(C)(C)N2)c1-c1cc(F)ccc1C. The second-order valence-electron chi connectivity index (χ2n) is 7.37. The van der Waals surface area contributed by atoms with Crippen LogP contribution in [0.2, 0.25) is 0 Å². The molecule has 3 rings (SSSR count). The van der Waals surface area contributed by atoms with E-state index in [-0.39, 0.29) is 28.1 Å². The van der Waals surface area contributed by atoms with Gasteiger partial charge in [-0.3, -0.25) is 15.1 Å². The van der Waals surface area contributed by atoms with Crippen molar-refractivity contribution in [1.29, 1.82) is 0 Å². The lowest BCUT2D eigenvalue weighted by atomic mass is 9.93. The van der Waals surface area contributed by atoms with E-state index in [1.807, 2.05) is 13.8 Å². The molecule has 0 saturated carbocycles. The average molecular weight is 380 g/mol. The monoisotopic (exact) mass is 380 g/mol. The van der Waals surface area contributed by atoms with E-state index in [0.29, 0.717) is 23.6 Å². The molecular weight excluding hydrogens is 359 g/mol. The van der Waals surface area contributed by atoms with Crippen LogP contribution in [0.5, 0.6) is 5.75 Å². The zero-order chi connectivity index (χ0) is 20.5. The molecule has 0 radical (unpaired) electrons. The van der Waals surface area contributed by atoms with E-state index in [0.717, 1.165) is 6.42 Å². The molecule has 0 spiro atoms. The number of aliphatic imine (C=N–C) groups is 1. The number of aromatic hydroxyl groups is 1. The highest BCUT2D eigenvalue weighted by Gasteiger charge is 2.27. The highest BCUT2D eigenvalue weighted by atomic mass is 19.1. The Morgan fingerprint density at radius 2 is 2.11 bits per heavy atom. The number of hydrogen-bond donors (Lipinski definition) is 3. The number of nitrogens with zero attached hydrogens (tertiary/aromatic N) is 2. The molecule has 28 heavy (non-hydrogen) atoms. The van der Waals surface area contributed by atoms with Crippen LogP contribution in [0.25, 0.3) is 16.0 Å². The summed E-state index contributed by atoms with van der Waals surface area (Å²) >= 11 is 0. The van der Waals surface area contributed by atoms with Gasteiger partial charge in [0.2, 0.25) is 0 Å². The molecule has 2 aromatic carbocycles. The largest absolute Gasteiger partial charge is 0.507 e. The molecule has 1 aliphatic rings. The van der Waals surface area contributed by atoms with Crippen molar-refractivity contribution >= 4 is 17.6 Å². The second kappa shape index (κ2) is 7.31. The standard InChI is InChI=1S/C21H21FN4O2/c1-12-5-6-13(22)11-14(12)17-15(23-4)7-8-16(27)18(17)19(28)25-20-24-10-9-21(2,3)26-20/h5-8,11,27H,9-10H2,1-3H3,(H2,24,25,26,28). The Kier molecular flexibility index (Phi) is 5.06. The van der Waals surface area contributed by atoms with Crippen molar-refractivity contribution in [2.24, 2.45) is 4.99 Å². The van der Waals surface area contributed by atoms with E-state index in [1.54, 1.807) is 13.0 Å². The van der Waals surface area contributed by atoms with Crippen LogP contribution < -0.4 is 10.6 Å². The van der Waals surface area contributed by atoms with Gasteiger partial charge in [-0.2, -0.15) is 0 Å². The third-order valence-electron chi connectivity index (χ3n) is 4.67. The highest BCUT2D eigenvalue weighted by molar-refractivity contribution is 6.13. The lowest BCUT2D eigenvalue weighted by Crippen LogP contribution is -2.53. The van der Waals surface area contributed by atoms with Crippen molar-refractivity contribution in [2.75, 3.05) is 6.54 Å². The van der Waals surface area contributed by atoms with Gasteiger partial charge in [0.05, 0.1) is 12.1 Å². The molecule has 0 saturated heterocycles. The highest BCUT2D eigenvalue weighted by Crippen LogP contribution is 2.40. The fourth-order valence-electron chi connectivity index (χ4n) is 3.15. The van der Waals surface area contributed by atoms with Crippen LogP contribution in [0.4, 0.5) is 10.1 Å². The number of phenols is 1. The number of carbonyl (C=O) groups excluding carboxylic acids is 1. The zero-order valence-electron chi connectivity index (χ0n) is 15.9. The molecule has 144 valence electrons. The maximum atomic E-state index is 13.9. The van der Waals surface area contributed by atoms with Gasteiger partial charge in [-0.05, 0) is 56.5 Å². The average Bonchev–Trinajstić information content (AvgIpc) is 2.62. The first kappa shape index (κ1) is 19.4. The van der Waals surface area contributed by atoms with Gasteiger partial charge in [-0.15, -0.1) is 0 Å². The minimum absolute atomic E-state index is 0.0879. The van der Waals surface area contributed by atoms with E-state index in [4.69, 9.17) is 6.57 Å². The molecule has 0 aliphatic carbocycles. The first-order chi connectivity index (χ1) is 13.2. The Morgan fingerprint density at radius 3 is 2.79 bits per heavy atom. The summed E-state index contributed by atoms with van der Waals surface area (Å²) in [6.07, 6.45) is 0.818. The number of amides is 1. The predicted octanol–water partition coefficient (Wildman–Crippen LogP) is 3.92. The summed E-state index contributed by atoms with van der Waals surface area (Å²) in [5.74, 6) is -1.10. The third kappa shape index (κ3) is 3.81. The minimum atomic E-state index is -0.620. The van der Waals surface area contributed by atoms with Crippen molar-refractivity contribution in [3.63, 3.8) is 0 Å². The van der Waals surface area contributed by atoms with Crippen LogP contribution in [-0.4, -0.2) is 29.1 Å². The Hall–Kier alpha value is -3.40. The fourth-order valence-corrected chi connectivity index (χ4v) is 3.15. The van der Waals surface area contributed by atoms with Gasteiger partial charge in [0.25, 0.3) is 5.91 Å². The van der Waals surface area contributed by atoms with Gasteiger partial charge >= 0.3 is 0 Å². The van der Waals surface area contributed by atoms with Crippen LogP contribution in [0.15, 0.2) is 35.3 Å². The minimum Gasteiger partial charge on any atom is -0.507 e. The predicted molar refractivity (Wildman–Crippen MR) is 106 cm³/mol. The number of hydrogen-bond acceptors (Lipinski definition) is 4. The van der Waals surface area contributed by atoms with E-state index in [1.165, 1.54) is 24.3 Å². The van der Waals surface area contributed by atoms with Crippen LogP contribution in [0, 0.1) is 19.3 Å². The summed E-state index contributed by atoms with van der Waals surface area (Å²) in [5.41, 5.74) is 1.09. The first-order valence-corrected chi connectivity index (χ1v) is 8.86. The van der Waals surface area contributed by atoms with Crippen LogP contribution in [0.1, 0.15) is 36.2 Å². The van der Waals surface area contributed by atoms with Crippen molar-refractivity contribution < 1.29 is 14.3 Å². The van der Waals surface area contributed by atoms with Gasteiger partial charge in [0, 0.05) is 17.6 Å². The van der Waals surface area contributed by atoms with Gasteiger partial charge in [-0.1, -0.05) is 12.1 Å². The summed E-state index contributed by atoms with van der Waals surface area (Å²) in [6.45, 7) is 13.7. The molecule has 0 atom stereocenters. The number of aryl methyl sites for hydroxylation is 1. The van der Waals surface area contributed by atoms with E-state index >= 15 is 0 Å². The molecule has 3 N–H and O–H groups in total. The summed E-state index contributed by atoms with van der Waals surface area (Å²) in [7, 11) is 0. The van der Waals surface area contributed by atoms with Gasteiger partial charge in [-0.25, -0.2) is 9.24 Å². The number of guanidine groups is 1. The lowest BCUT2D eigenvalue weighted by Gasteiger charge is -2.31. The van der Waals surface area contributed by atoms with Gasteiger partial charge in [0.1, 0.15) is 11.6 Å². The molecule has 1 aliphatic heterocycles. The Balaban J connectivity index is 2.11. The summed E-state index contributed by atoms with van der Waals surface area (Å²) < 4.78 is 13.9. The number of halogens is 1. The maximum absolute atomic E-state index is 13.9. The van der Waals surface area contributed by atoms with Crippen molar-refractivity contribution in [1.82, 2.24) is 10.6 Å². The number of nitrogens with one attached hydrogen (secondary N) is 2. The zero-order valence-corrected chi connectivity index (χ0v) is 15.9. The van der Waals surface area contributed by atoms with Crippen LogP contribution >= 0.6 is 0 Å². The Bertz CT molecular complexity index is 1020. The van der Waals surface area contributed by atoms with Gasteiger partial charge in [0.15, 0.2) is 11.6 Å². The van der Waals surface area contributed by atoms with E-state index < -0.39 is 11.7 Å². The first-order valence-electron chi connectivity index (χ1n) is 8.86. The molecule has 0 aromatic heterocycles. The quantitative estimate of drug-likeness (QED) is 0.691. The molecule has 1 amide bonds.